The fourth-order valence-electron chi connectivity index (χ4n) is 5.30. The van der Waals surface area contributed by atoms with E-state index in [1.54, 1.807) is 12.8 Å². The van der Waals surface area contributed by atoms with Crippen LogP contribution < -0.4 is 0 Å². The number of hydrogen-bond donors (Lipinski definition) is 0. The zero-order chi connectivity index (χ0) is 12.6. The average Bonchev–Trinajstić information content (AvgIpc) is 2.52. The van der Waals surface area contributed by atoms with Crippen molar-refractivity contribution in [1.82, 2.24) is 0 Å². The van der Waals surface area contributed by atoms with Crippen molar-refractivity contribution in [1.29, 1.82) is 0 Å². The van der Waals surface area contributed by atoms with Crippen molar-refractivity contribution in [3.63, 3.8) is 0 Å². The molecule has 0 N–H and O–H groups in total. The first kappa shape index (κ1) is 13.4. The van der Waals surface area contributed by atoms with Crippen LogP contribution in [-0.4, -0.2) is 0 Å². The second kappa shape index (κ2) is 4.94. The van der Waals surface area contributed by atoms with E-state index >= 15 is 0 Å². The molecule has 2 saturated carbocycles. The second-order valence-electron chi connectivity index (χ2n) is 7.08. The lowest BCUT2D eigenvalue weighted by atomic mass is 9.53. The average molecular weight is 236 g/mol. The van der Waals surface area contributed by atoms with E-state index in [9.17, 15) is 0 Å². The third kappa shape index (κ3) is 1.96. The molecule has 0 heterocycles. The first-order chi connectivity index (χ1) is 8.08. The van der Waals surface area contributed by atoms with Crippen LogP contribution in [0.2, 0.25) is 0 Å². The third-order valence-electron chi connectivity index (χ3n) is 6.73. The Morgan fingerprint density at radius 1 is 1.06 bits per heavy atom. The van der Waals surface area contributed by atoms with Gasteiger partial charge in [0.05, 0.1) is 0 Å². The number of hydrogen-bond acceptors (Lipinski definition) is 0. The maximum absolute atomic E-state index is 2.58. The van der Waals surface area contributed by atoms with E-state index in [-0.39, 0.29) is 0 Å². The van der Waals surface area contributed by atoms with Crippen molar-refractivity contribution in [3.05, 3.63) is 0 Å². The van der Waals surface area contributed by atoms with Crippen molar-refractivity contribution < 1.29 is 0 Å². The zero-order valence-electron chi connectivity index (χ0n) is 12.6. The lowest BCUT2D eigenvalue weighted by molar-refractivity contribution is -0.0279. The summed E-state index contributed by atoms with van der Waals surface area (Å²) >= 11 is 0. The van der Waals surface area contributed by atoms with Gasteiger partial charge in [0.1, 0.15) is 0 Å². The van der Waals surface area contributed by atoms with E-state index in [0.29, 0.717) is 0 Å². The third-order valence-corrected chi connectivity index (χ3v) is 6.73. The Labute approximate surface area is 109 Å². The van der Waals surface area contributed by atoms with Gasteiger partial charge in [0.25, 0.3) is 0 Å². The highest BCUT2D eigenvalue weighted by molar-refractivity contribution is 5.06. The smallest absolute Gasteiger partial charge is 0.0238 e. The molecule has 0 heteroatoms. The van der Waals surface area contributed by atoms with E-state index in [1.807, 2.05) is 0 Å². The molecular formula is C17H32. The molecule has 3 atom stereocenters. The van der Waals surface area contributed by atoms with Crippen LogP contribution in [0.1, 0.15) is 73.1 Å². The van der Waals surface area contributed by atoms with Gasteiger partial charge in [-0.05, 0) is 54.3 Å². The Morgan fingerprint density at radius 3 is 2.12 bits per heavy atom. The molecule has 100 valence electrons. The van der Waals surface area contributed by atoms with Crippen LogP contribution in [0.5, 0.6) is 0 Å². The summed E-state index contributed by atoms with van der Waals surface area (Å²) in [7, 11) is 0. The van der Waals surface area contributed by atoms with Gasteiger partial charge in [0.2, 0.25) is 0 Å². The molecule has 1 spiro atoms. The van der Waals surface area contributed by atoms with E-state index in [2.05, 4.69) is 34.6 Å². The van der Waals surface area contributed by atoms with E-state index < -0.39 is 0 Å². The van der Waals surface area contributed by atoms with Gasteiger partial charge in [0, 0.05) is 0 Å². The standard InChI is InChI=1S/C17H32/c1-6-14-10-17(11-14)12(4)9-16(13(17)5)15(7-2)8-3/h12-16H,6-11H2,1-5H3. The highest BCUT2D eigenvalue weighted by atomic mass is 14.6. The molecule has 2 aliphatic rings. The second-order valence-corrected chi connectivity index (χ2v) is 7.08. The molecule has 2 rings (SSSR count). The fourth-order valence-corrected chi connectivity index (χ4v) is 5.30. The molecule has 2 aliphatic carbocycles. The van der Waals surface area contributed by atoms with Crippen molar-refractivity contribution in [2.45, 2.75) is 73.1 Å². The van der Waals surface area contributed by atoms with Gasteiger partial charge in [-0.15, -0.1) is 0 Å². The van der Waals surface area contributed by atoms with Crippen molar-refractivity contribution in [3.8, 4) is 0 Å². The normalized spacial score (nSPS) is 45.5. The molecule has 2 fully saturated rings. The summed E-state index contributed by atoms with van der Waals surface area (Å²) in [5.74, 6) is 5.06. The van der Waals surface area contributed by atoms with E-state index in [4.69, 9.17) is 0 Å². The van der Waals surface area contributed by atoms with Gasteiger partial charge in [-0.3, -0.25) is 0 Å². The molecule has 0 radical (unpaired) electrons. The minimum absolute atomic E-state index is 0.758. The molecule has 0 aliphatic heterocycles. The van der Waals surface area contributed by atoms with Gasteiger partial charge >= 0.3 is 0 Å². The highest BCUT2D eigenvalue weighted by Gasteiger charge is 2.57. The Kier molecular flexibility index (Phi) is 3.90. The number of rotatable bonds is 4. The molecule has 0 aromatic rings. The molecule has 0 aromatic heterocycles. The van der Waals surface area contributed by atoms with Gasteiger partial charge in [0.15, 0.2) is 0 Å². The maximum atomic E-state index is 2.58. The van der Waals surface area contributed by atoms with E-state index in [0.717, 1.165) is 35.0 Å². The minimum Gasteiger partial charge on any atom is -0.0651 e. The molecule has 0 nitrogen and oxygen atoms in total. The zero-order valence-corrected chi connectivity index (χ0v) is 12.6. The quantitative estimate of drug-likeness (QED) is 0.603. The Bertz CT molecular complexity index is 245. The van der Waals surface area contributed by atoms with Crippen LogP contribution in [0, 0.1) is 35.0 Å². The largest absolute Gasteiger partial charge is 0.0651 e. The van der Waals surface area contributed by atoms with Gasteiger partial charge in [-0.2, -0.15) is 0 Å². The van der Waals surface area contributed by atoms with Crippen LogP contribution in [0.15, 0.2) is 0 Å². The summed E-state index contributed by atoms with van der Waals surface area (Å²) in [5.41, 5.74) is 0.758. The molecular weight excluding hydrogens is 204 g/mol. The highest BCUT2D eigenvalue weighted by Crippen LogP contribution is 2.65. The first-order valence-corrected chi connectivity index (χ1v) is 8.08. The van der Waals surface area contributed by atoms with Crippen molar-refractivity contribution in [2.24, 2.45) is 35.0 Å². The molecule has 3 unspecified atom stereocenters. The Morgan fingerprint density at radius 2 is 1.65 bits per heavy atom. The lowest BCUT2D eigenvalue weighted by Crippen LogP contribution is -2.44. The Hall–Kier alpha value is 0. The molecule has 17 heavy (non-hydrogen) atoms. The summed E-state index contributed by atoms with van der Waals surface area (Å²) < 4.78 is 0. The van der Waals surface area contributed by atoms with Crippen LogP contribution in [0.25, 0.3) is 0 Å². The molecule has 0 saturated heterocycles. The minimum atomic E-state index is 0.758. The predicted molar refractivity (Wildman–Crippen MR) is 76.0 cm³/mol. The van der Waals surface area contributed by atoms with Crippen LogP contribution >= 0.6 is 0 Å². The van der Waals surface area contributed by atoms with Gasteiger partial charge in [-0.25, -0.2) is 0 Å². The van der Waals surface area contributed by atoms with Gasteiger partial charge in [-0.1, -0.05) is 53.9 Å². The monoisotopic (exact) mass is 236 g/mol. The Balaban J connectivity index is 2.07. The molecule has 0 bridgehead atoms. The molecule has 0 aromatic carbocycles. The summed E-state index contributed by atoms with van der Waals surface area (Å²) in [4.78, 5) is 0. The lowest BCUT2D eigenvalue weighted by Gasteiger charge is -2.52. The predicted octanol–water partition coefficient (Wildman–Crippen LogP) is 5.52. The topological polar surface area (TPSA) is 0 Å². The van der Waals surface area contributed by atoms with Crippen molar-refractivity contribution in [2.75, 3.05) is 0 Å². The SMILES string of the molecule is CCC1CC2(C1)C(C)CC(C(CC)CC)C2C. The molecule has 0 amide bonds. The summed E-state index contributed by atoms with van der Waals surface area (Å²) in [5, 5.41) is 0. The maximum Gasteiger partial charge on any atom is -0.0238 e. The van der Waals surface area contributed by atoms with Crippen LogP contribution in [-0.2, 0) is 0 Å². The van der Waals surface area contributed by atoms with Crippen LogP contribution in [0.4, 0.5) is 0 Å². The fraction of sp³-hybridized carbons (Fsp3) is 1.00. The first-order valence-electron chi connectivity index (χ1n) is 8.08. The summed E-state index contributed by atoms with van der Waals surface area (Å²) in [6, 6.07) is 0. The summed E-state index contributed by atoms with van der Waals surface area (Å²) in [6.45, 7) is 12.3. The van der Waals surface area contributed by atoms with Crippen molar-refractivity contribution >= 4 is 0 Å². The van der Waals surface area contributed by atoms with Gasteiger partial charge < -0.3 is 0 Å². The van der Waals surface area contributed by atoms with E-state index in [1.165, 1.54) is 25.7 Å². The van der Waals surface area contributed by atoms with Crippen LogP contribution in [0.3, 0.4) is 0 Å². The summed E-state index contributed by atoms with van der Waals surface area (Å²) in [6.07, 6.45) is 8.81.